The van der Waals surface area contributed by atoms with E-state index in [1.54, 1.807) is 0 Å². The minimum Gasteiger partial charge on any atom is -0.350 e. The van der Waals surface area contributed by atoms with Crippen LogP contribution in [-0.4, -0.2) is 65.3 Å². The van der Waals surface area contributed by atoms with E-state index in [-0.39, 0.29) is 29.5 Å². The number of nitrogens with zero attached hydrogens (tertiary/aromatic N) is 3. The molecule has 0 bridgehead atoms. The molecule has 12 heteroatoms. The van der Waals surface area contributed by atoms with Crippen molar-refractivity contribution in [1.82, 2.24) is 31.2 Å². The number of carbonyl (C=O) groups is 4. The van der Waals surface area contributed by atoms with E-state index in [1.807, 2.05) is 20.8 Å². The Morgan fingerprint density at radius 2 is 1.84 bits per heavy atom. The molecule has 11 nitrogen and oxygen atoms in total. The number of nitriles is 1. The van der Waals surface area contributed by atoms with Crippen molar-refractivity contribution in [3.63, 3.8) is 0 Å². The Morgan fingerprint density at radius 1 is 1.16 bits per heavy atom. The third-order valence-electron chi connectivity index (χ3n) is 6.89. The molecule has 1 aliphatic carbocycles. The van der Waals surface area contributed by atoms with Gasteiger partial charge in [-0.2, -0.15) is 5.26 Å². The molecule has 2 aliphatic rings. The first-order valence-electron chi connectivity index (χ1n) is 13.0. The smallest absolute Gasteiger partial charge is 0.272 e. The second-order valence-electron chi connectivity index (χ2n) is 12.8. The summed E-state index contributed by atoms with van der Waals surface area (Å²) in [6, 6.07) is -0.169. The number of aromatic nitrogens is 2. The van der Waals surface area contributed by atoms with Gasteiger partial charge in [-0.3, -0.25) is 24.2 Å². The molecule has 4 N–H and O–H groups in total. The Kier molecular flexibility index (Phi) is 8.60. The minimum atomic E-state index is -1.86. The largest absolute Gasteiger partial charge is 0.350 e. The first-order valence-corrected chi connectivity index (χ1v) is 16.7. The second kappa shape index (κ2) is 11.2. The van der Waals surface area contributed by atoms with Crippen molar-refractivity contribution in [2.24, 2.45) is 11.3 Å². The second-order valence-corrected chi connectivity index (χ2v) is 18.3. The van der Waals surface area contributed by atoms with Gasteiger partial charge in [-0.25, -0.2) is 4.98 Å². The van der Waals surface area contributed by atoms with Crippen molar-refractivity contribution < 1.29 is 19.2 Å². The molecule has 2 fully saturated rings. The summed E-state index contributed by atoms with van der Waals surface area (Å²) in [5, 5.41) is 21.1. The monoisotopic (exact) mass is 541 g/mol. The summed E-state index contributed by atoms with van der Waals surface area (Å²) in [7, 11) is -1.86. The summed E-state index contributed by atoms with van der Waals surface area (Å²) in [6.07, 6.45) is 6.95. The van der Waals surface area contributed by atoms with E-state index < -0.39 is 49.3 Å². The van der Waals surface area contributed by atoms with E-state index in [9.17, 15) is 24.4 Å². The zero-order valence-electron chi connectivity index (χ0n) is 23.1. The number of nitrogens with one attached hydrogen (secondary N) is 4. The molecular formula is C26H39N7O4Si. The molecule has 38 heavy (non-hydrogen) atoms. The van der Waals surface area contributed by atoms with Crippen LogP contribution in [0.15, 0.2) is 18.6 Å². The average Bonchev–Trinajstić information content (AvgIpc) is 3.50. The van der Waals surface area contributed by atoms with Gasteiger partial charge >= 0.3 is 0 Å². The van der Waals surface area contributed by atoms with E-state index in [2.05, 4.69) is 56.9 Å². The first kappa shape index (κ1) is 29.2. The highest BCUT2D eigenvalue weighted by Crippen LogP contribution is 2.46. The Labute approximate surface area is 225 Å². The maximum Gasteiger partial charge on any atom is 0.272 e. The molecule has 0 aromatic carbocycles. The summed E-state index contributed by atoms with van der Waals surface area (Å²) >= 11 is 0. The summed E-state index contributed by atoms with van der Waals surface area (Å²) in [4.78, 5) is 59.8. The highest BCUT2D eigenvalue weighted by Gasteiger charge is 2.52. The third kappa shape index (κ3) is 7.83. The van der Waals surface area contributed by atoms with Crippen LogP contribution < -0.4 is 21.3 Å². The number of hydrogen-bond acceptors (Lipinski definition) is 7. The standard InChI is InChI=1S/C26H39N7O4Si/c1-25(2,3)20(32-22(35)18-14-28-9-10-29-18)24(37)31-19(15-38(4,5)6)23(36)30-17(13-27)11-16-12-26(7-8-26)33-21(16)34/h9-10,14,16-17,19-20H,7-8,11-12,15H2,1-6H3,(H,30,36)(H,31,37)(H,32,35)(H,33,34). The molecule has 2 heterocycles. The van der Waals surface area contributed by atoms with Gasteiger partial charge in [-0.1, -0.05) is 40.4 Å². The lowest BCUT2D eigenvalue weighted by atomic mass is 9.85. The zero-order valence-corrected chi connectivity index (χ0v) is 24.1. The topological polar surface area (TPSA) is 166 Å². The van der Waals surface area contributed by atoms with Gasteiger partial charge in [0.25, 0.3) is 5.91 Å². The van der Waals surface area contributed by atoms with Crippen molar-refractivity contribution in [1.29, 1.82) is 5.26 Å². The van der Waals surface area contributed by atoms with Crippen LogP contribution in [0, 0.1) is 22.7 Å². The van der Waals surface area contributed by atoms with Crippen molar-refractivity contribution in [3.05, 3.63) is 24.3 Å². The molecule has 0 radical (unpaired) electrons. The Bertz CT molecular complexity index is 1100. The Morgan fingerprint density at radius 3 is 2.34 bits per heavy atom. The van der Waals surface area contributed by atoms with Gasteiger partial charge < -0.3 is 21.3 Å². The Balaban J connectivity index is 1.71. The molecule has 4 amide bonds. The van der Waals surface area contributed by atoms with E-state index in [4.69, 9.17) is 0 Å². The maximum atomic E-state index is 13.5. The zero-order chi connectivity index (χ0) is 28.3. The minimum absolute atomic E-state index is 0.0733. The van der Waals surface area contributed by atoms with Gasteiger partial charge in [0, 0.05) is 31.9 Å². The number of hydrogen-bond donors (Lipinski definition) is 4. The fraction of sp³-hybridized carbons (Fsp3) is 0.654. The summed E-state index contributed by atoms with van der Waals surface area (Å²) in [6.45, 7) is 11.7. The molecule has 3 rings (SSSR count). The van der Waals surface area contributed by atoms with Gasteiger partial charge in [0.05, 0.1) is 12.3 Å². The Hall–Kier alpha value is -3.33. The SMILES string of the molecule is CC(C)(C)C(NC(=O)c1cnccn1)C(=O)NC(C[Si](C)(C)C)C(=O)NC(C#N)CC1CC2(CC2)NC1=O. The van der Waals surface area contributed by atoms with E-state index >= 15 is 0 Å². The number of rotatable bonds is 10. The first-order chi connectivity index (χ1) is 17.6. The van der Waals surface area contributed by atoms with E-state index in [0.717, 1.165) is 12.8 Å². The van der Waals surface area contributed by atoms with Crippen molar-refractivity contribution in [3.8, 4) is 6.07 Å². The lowest BCUT2D eigenvalue weighted by Gasteiger charge is -2.33. The van der Waals surface area contributed by atoms with Gasteiger partial charge in [0.1, 0.15) is 23.8 Å². The van der Waals surface area contributed by atoms with Crippen molar-refractivity contribution >= 4 is 31.7 Å². The van der Waals surface area contributed by atoms with Gasteiger partial charge in [-0.15, -0.1) is 0 Å². The van der Waals surface area contributed by atoms with Crippen molar-refractivity contribution in [2.75, 3.05) is 0 Å². The highest BCUT2D eigenvalue weighted by atomic mass is 28.3. The molecule has 1 aromatic heterocycles. The van der Waals surface area contributed by atoms with E-state index in [0.29, 0.717) is 12.5 Å². The molecule has 4 unspecified atom stereocenters. The van der Waals surface area contributed by atoms with E-state index in [1.165, 1.54) is 18.6 Å². The summed E-state index contributed by atoms with van der Waals surface area (Å²) < 4.78 is 0. The highest BCUT2D eigenvalue weighted by molar-refractivity contribution is 6.76. The van der Waals surface area contributed by atoms with Crippen LogP contribution in [-0.2, 0) is 14.4 Å². The molecular weight excluding hydrogens is 502 g/mol. The fourth-order valence-corrected chi connectivity index (χ4v) is 6.24. The fourth-order valence-electron chi connectivity index (χ4n) is 4.72. The van der Waals surface area contributed by atoms with Crippen LogP contribution in [0.4, 0.5) is 0 Å². The van der Waals surface area contributed by atoms with Crippen LogP contribution in [0.2, 0.25) is 25.7 Å². The van der Waals surface area contributed by atoms with Gasteiger partial charge in [0.2, 0.25) is 17.7 Å². The predicted octanol–water partition coefficient (Wildman–Crippen LogP) is 1.51. The lowest BCUT2D eigenvalue weighted by molar-refractivity contribution is -0.131. The molecule has 1 aliphatic heterocycles. The normalized spacial score (nSPS) is 20.4. The summed E-state index contributed by atoms with van der Waals surface area (Å²) in [5.74, 6) is -1.93. The van der Waals surface area contributed by atoms with Crippen LogP contribution in [0.1, 0.15) is 56.9 Å². The van der Waals surface area contributed by atoms with Crippen LogP contribution in [0.5, 0.6) is 0 Å². The summed E-state index contributed by atoms with van der Waals surface area (Å²) in [5.41, 5.74) is -0.712. The quantitative estimate of drug-likeness (QED) is 0.326. The molecule has 206 valence electrons. The molecule has 1 spiro atoms. The number of carbonyl (C=O) groups excluding carboxylic acids is 4. The van der Waals surface area contributed by atoms with Crippen LogP contribution in [0.25, 0.3) is 0 Å². The third-order valence-corrected chi connectivity index (χ3v) is 8.52. The van der Waals surface area contributed by atoms with Gasteiger partial charge in [-0.05, 0) is 37.1 Å². The molecule has 1 saturated carbocycles. The predicted molar refractivity (Wildman–Crippen MR) is 143 cm³/mol. The molecule has 1 aromatic rings. The molecule has 4 atom stereocenters. The number of amides is 4. The lowest BCUT2D eigenvalue weighted by Crippen LogP contribution is -2.59. The van der Waals surface area contributed by atoms with Crippen LogP contribution >= 0.6 is 0 Å². The average molecular weight is 542 g/mol. The molecule has 1 saturated heterocycles. The van der Waals surface area contributed by atoms with Gasteiger partial charge in [0.15, 0.2) is 0 Å². The van der Waals surface area contributed by atoms with Crippen LogP contribution in [0.3, 0.4) is 0 Å². The van der Waals surface area contributed by atoms with Crippen molar-refractivity contribution in [2.45, 2.75) is 95.8 Å². The maximum absolute atomic E-state index is 13.5.